The van der Waals surface area contributed by atoms with Gasteiger partial charge in [-0.2, -0.15) is 0 Å². The molecule has 1 aliphatic rings. The minimum atomic E-state index is -0.949. The number of carboxylic acids is 1. The number of methoxy groups -OCH3 is 2. The van der Waals surface area contributed by atoms with Gasteiger partial charge >= 0.3 is 5.97 Å². The summed E-state index contributed by atoms with van der Waals surface area (Å²) in [7, 11) is 3.00. The maximum Gasteiger partial charge on any atom is 0.305 e. The molecule has 1 aromatic carbocycles. The van der Waals surface area contributed by atoms with Gasteiger partial charge in [-0.3, -0.25) is 9.59 Å². The third-order valence-electron chi connectivity index (χ3n) is 3.93. The molecule has 1 saturated heterocycles. The first kappa shape index (κ1) is 17.1. The lowest BCUT2D eigenvalue weighted by molar-refractivity contribution is -0.139. The molecule has 1 amide bonds. The van der Waals surface area contributed by atoms with Crippen LogP contribution in [0.5, 0.6) is 11.5 Å². The highest BCUT2D eigenvalue weighted by atomic mass is 16.5. The first-order valence-corrected chi connectivity index (χ1v) is 7.33. The quantitative estimate of drug-likeness (QED) is 0.823. The van der Waals surface area contributed by atoms with Gasteiger partial charge in [-0.15, -0.1) is 0 Å². The molecule has 0 bridgehead atoms. The Bertz CT molecular complexity index is 558. The van der Waals surface area contributed by atoms with Gasteiger partial charge in [-0.25, -0.2) is 0 Å². The summed E-state index contributed by atoms with van der Waals surface area (Å²) in [5.74, 6) is -0.316. The Hall–Kier alpha value is -2.28. The number of ether oxygens (including phenoxy) is 3. The van der Waals surface area contributed by atoms with E-state index in [2.05, 4.69) is 5.32 Å². The van der Waals surface area contributed by atoms with Crippen LogP contribution in [0.1, 0.15) is 29.6 Å². The van der Waals surface area contributed by atoms with Crippen molar-refractivity contribution in [3.8, 4) is 11.5 Å². The molecule has 1 fully saturated rings. The van der Waals surface area contributed by atoms with Crippen molar-refractivity contribution in [3.63, 3.8) is 0 Å². The molecule has 0 atom stereocenters. The van der Waals surface area contributed by atoms with Crippen LogP contribution in [0, 0.1) is 0 Å². The summed E-state index contributed by atoms with van der Waals surface area (Å²) in [6.07, 6.45) is 0.793. The predicted molar refractivity (Wildman–Crippen MR) is 82.0 cm³/mol. The van der Waals surface area contributed by atoms with E-state index in [9.17, 15) is 9.59 Å². The molecule has 1 aliphatic heterocycles. The molecule has 7 nitrogen and oxygen atoms in total. The number of benzene rings is 1. The Kier molecular flexibility index (Phi) is 5.44. The molecule has 0 spiro atoms. The number of hydrogen-bond acceptors (Lipinski definition) is 5. The lowest BCUT2D eigenvalue weighted by Gasteiger charge is -2.36. The monoisotopic (exact) mass is 323 g/mol. The van der Waals surface area contributed by atoms with E-state index in [1.807, 2.05) is 0 Å². The Morgan fingerprint density at radius 3 is 2.22 bits per heavy atom. The van der Waals surface area contributed by atoms with Crippen LogP contribution in [0.3, 0.4) is 0 Å². The highest BCUT2D eigenvalue weighted by molar-refractivity contribution is 5.95. The van der Waals surface area contributed by atoms with Crippen molar-refractivity contribution >= 4 is 11.9 Å². The number of hydrogen-bond donors (Lipinski definition) is 2. The molecule has 0 unspecified atom stereocenters. The molecule has 0 radical (unpaired) electrons. The van der Waals surface area contributed by atoms with Crippen molar-refractivity contribution in [1.29, 1.82) is 0 Å². The summed E-state index contributed by atoms with van der Waals surface area (Å²) in [6.45, 7) is 0.851. The molecule has 7 heteroatoms. The van der Waals surface area contributed by atoms with Crippen LogP contribution in [0.15, 0.2) is 18.2 Å². The minimum Gasteiger partial charge on any atom is -0.497 e. The summed E-state index contributed by atoms with van der Waals surface area (Å²) >= 11 is 0. The van der Waals surface area contributed by atoms with Gasteiger partial charge in [0.15, 0.2) is 0 Å². The normalized spacial score (nSPS) is 16.4. The maximum atomic E-state index is 12.6. The Balaban J connectivity index is 2.22. The van der Waals surface area contributed by atoms with Crippen LogP contribution in [-0.2, 0) is 9.53 Å². The van der Waals surface area contributed by atoms with Gasteiger partial charge in [0, 0.05) is 24.8 Å². The second kappa shape index (κ2) is 7.32. The van der Waals surface area contributed by atoms with Crippen LogP contribution in [0.4, 0.5) is 0 Å². The predicted octanol–water partition coefficient (Wildman–Crippen LogP) is 1.46. The number of carbonyl (C=O) groups is 2. The molecule has 2 N–H and O–H groups in total. The van der Waals surface area contributed by atoms with Crippen molar-refractivity contribution in [1.82, 2.24) is 5.32 Å². The number of nitrogens with one attached hydrogen (secondary N) is 1. The summed E-state index contributed by atoms with van der Waals surface area (Å²) in [6, 6.07) is 4.84. The van der Waals surface area contributed by atoms with E-state index < -0.39 is 11.5 Å². The van der Waals surface area contributed by atoms with Crippen molar-refractivity contribution < 1.29 is 28.9 Å². The van der Waals surface area contributed by atoms with Crippen LogP contribution in [0.25, 0.3) is 0 Å². The van der Waals surface area contributed by atoms with E-state index in [1.165, 1.54) is 14.2 Å². The van der Waals surface area contributed by atoms with Crippen molar-refractivity contribution in [2.75, 3.05) is 27.4 Å². The highest BCUT2D eigenvalue weighted by Crippen LogP contribution is 2.27. The molecule has 23 heavy (non-hydrogen) atoms. The maximum absolute atomic E-state index is 12.6. The SMILES string of the molecule is COc1cc(OC)cc(C(=O)NC2(CC(=O)O)CCOCC2)c1. The number of aliphatic carboxylic acids is 1. The molecule has 1 aromatic rings. The molecule has 0 aliphatic carbocycles. The van der Waals surface area contributed by atoms with Crippen LogP contribution in [-0.4, -0.2) is 50.0 Å². The smallest absolute Gasteiger partial charge is 0.305 e. The first-order valence-electron chi connectivity index (χ1n) is 7.33. The number of rotatable bonds is 6. The fourth-order valence-electron chi connectivity index (χ4n) is 2.65. The average Bonchev–Trinajstić information content (AvgIpc) is 2.54. The summed E-state index contributed by atoms with van der Waals surface area (Å²) in [4.78, 5) is 23.7. The first-order chi connectivity index (χ1) is 11.0. The van der Waals surface area contributed by atoms with Gasteiger partial charge in [0.25, 0.3) is 5.91 Å². The third-order valence-corrected chi connectivity index (χ3v) is 3.93. The summed E-state index contributed by atoms with van der Waals surface area (Å²) in [5.41, 5.74) is -0.435. The standard InChI is InChI=1S/C16H21NO6/c1-21-12-7-11(8-13(9-12)22-2)15(20)17-16(10-14(18)19)3-5-23-6-4-16/h7-9H,3-6,10H2,1-2H3,(H,17,20)(H,18,19). The molecule has 126 valence electrons. The third kappa shape index (κ3) is 4.35. The zero-order chi connectivity index (χ0) is 16.9. The fourth-order valence-corrected chi connectivity index (χ4v) is 2.65. The van der Waals surface area contributed by atoms with Gasteiger partial charge < -0.3 is 24.6 Å². The molecular weight excluding hydrogens is 302 g/mol. The van der Waals surface area contributed by atoms with Crippen LogP contribution in [0.2, 0.25) is 0 Å². The van der Waals surface area contributed by atoms with E-state index in [0.29, 0.717) is 43.1 Å². The average molecular weight is 323 g/mol. The van der Waals surface area contributed by atoms with Crippen molar-refractivity contribution in [2.24, 2.45) is 0 Å². The van der Waals surface area contributed by atoms with Crippen molar-refractivity contribution in [3.05, 3.63) is 23.8 Å². The van der Waals surface area contributed by atoms with Crippen LogP contribution < -0.4 is 14.8 Å². The second-order valence-electron chi connectivity index (χ2n) is 5.52. The van der Waals surface area contributed by atoms with Gasteiger partial charge in [0.1, 0.15) is 11.5 Å². The lowest BCUT2D eigenvalue weighted by Crippen LogP contribution is -2.53. The Labute approximate surface area is 134 Å². The molecule has 0 aromatic heterocycles. The second-order valence-corrected chi connectivity index (χ2v) is 5.52. The van der Waals surface area contributed by atoms with E-state index in [-0.39, 0.29) is 12.3 Å². The molecule has 2 rings (SSSR count). The van der Waals surface area contributed by atoms with Gasteiger partial charge in [0.05, 0.1) is 26.2 Å². The number of carboxylic acid groups (broad SMARTS) is 1. The van der Waals surface area contributed by atoms with Crippen LogP contribution >= 0.6 is 0 Å². The molecular formula is C16H21NO6. The van der Waals surface area contributed by atoms with E-state index in [4.69, 9.17) is 19.3 Å². The molecule has 1 heterocycles. The number of carbonyl (C=O) groups excluding carboxylic acids is 1. The Morgan fingerprint density at radius 1 is 1.17 bits per heavy atom. The fraction of sp³-hybridized carbons (Fsp3) is 0.500. The van der Waals surface area contributed by atoms with E-state index in [0.717, 1.165) is 0 Å². The van der Waals surface area contributed by atoms with E-state index >= 15 is 0 Å². The van der Waals surface area contributed by atoms with Gasteiger partial charge in [-0.05, 0) is 25.0 Å². The zero-order valence-corrected chi connectivity index (χ0v) is 13.3. The summed E-state index contributed by atoms with van der Waals surface area (Å²) < 4.78 is 15.6. The zero-order valence-electron chi connectivity index (χ0n) is 13.3. The summed E-state index contributed by atoms with van der Waals surface area (Å²) in [5, 5.41) is 12.0. The number of amides is 1. The van der Waals surface area contributed by atoms with Gasteiger partial charge in [-0.1, -0.05) is 0 Å². The highest BCUT2D eigenvalue weighted by Gasteiger charge is 2.36. The van der Waals surface area contributed by atoms with E-state index in [1.54, 1.807) is 18.2 Å². The topological polar surface area (TPSA) is 94.1 Å². The lowest BCUT2D eigenvalue weighted by atomic mass is 9.86. The Morgan fingerprint density at radius 2 is 1.74 bits per heavy atom. The minimum absolute atomic E-state index is 0.136. The largest absolute Gasteiger partial charge is 0.497 e. The molecule has 0 saturated carbocycles. The van der Waals surface area contributed by atoms with Crippen molar-refractivity contribution in [2.45, 2.75) is 24.8 Å². The van der Waals surface area contributed by atoms with Gasteiger partial charge in [0.2, 0.25) is 0 Å².